The highest BCUT2D eigenvalue weighted by atomic mass is 32.2. The normalized spacial score (nSPS) is 23.4. The van der Waals surface area contributed by atoms with Crippen LogP contribution in [0.25, 0.3) is 0 Å². The third-order valence-electron chi connectivity index (χ3n) is 10.6. The molecule has 4 heterocycles. The van der Waals surface area contributed by atoms with E-state index in [1.807, 2.05) is 27.8 Å². The molecule has 270 valence electrons. The van der Waals surface area contributed by atoms with Crippen molar-refractivity contribution in [2.45, 2.75) is 68.7 Å². The fraction of sp³-hybridized carbons (Fsp3) is 0.447. The van der Waals surface area contributed by atoms with Gasteiger partial charge in [-0.25, -0.2) is 0 Å². The standard InChI is InChI=1S/C38H43N3O9S/c1-8-13-46-35-23(4)36-38(49-20-48-36)32-26(35)16-28-33-31-24(14-22(3)34(45-7)37(31)47-19-44-6)15-27(40(33)5)29(17-39)41(28)30(32)18-50-51(42,43)25-11-9-21(2)10-12-25/h8-12,14,27-30,33H,1,13,15-16,18-20H2,2-7H3/t27-,28+,29+,30+,33?/m1/s1. The number of ether oxygens (including phenoxy) is 6. The van der Waals surface area contributed by atoms with Gasteiger partial charge in [0.05, 0.1) is 36.8 Å². The minimum Gasteiger partial charge on any atom is -0.493 e. The zero-order valence-corrected chi connectivity index (χ0v) is 30.5. The van der Waals surface area contributed by atoms with E-state index in [2.05, 4.69) is 28.5 Å². The predicted molar refractivity (Wildman–Crippen MR) is 187 cm³/mol. The van der Waals surface area contributed by atoms with Crippen LogP contribution in [0.15, 0.2) is 47.9 Å². The van der Waals surface area contributed by atoms with Crippen LogP contribution in [-0.2, 0) is 31.9 Å². The molecular formula is C38H43N3O9S. The summed E-state index contributed by atoms with van der Waals surface area (Å²) in [5.41, 5.74) is 6.17. The van der Waals surface area contributed by atoms with Crippen LogP contribution >= 0.6 is 0 Å². The van der Waals surface area contributed by atoms with Crippen LogP contribution in [-0.4, -0.2) is 84.4 Å². The second-order valence-corrected chi connectivity index (χ2v) is 15.0. The van der Waals surface area contributed by atoms with E-state index in [0.717, 1.165) is 33.4 Å². The predicted octanol–water partition coefficient (Wildman–Crippen LogP) is 5.07. The highest BCUT2D eigenvalue weighted by molar-refractivity contribution is 7.86. The summed E-state index contributed by atoms with van der Waals surface area (Å²) < 4.78 is 69.5. The maximum absolute atomic E-state index is 13.7. The zero-order chi connectivity index (χ0) is 36.2. The van der Waals surface area contributed by atoms with Crippen molar-refractivity contribution in [2.75, 3.05) is 48.1 Å². The van der Waals surface area contributed by atoms with Gasteiger partial charge in [0.15, 0.2) is 29.8 Å². The molecule has 0 spiro atoms. The maximum Gasteiger partial charge on any atom is 0.297 e. The second-order valence-electron chi connectivity index (χ2n) is 13.4. The molecule has 3 aromatic rings. The molecule has 0 radical (unpaired) electrons. The third kappa shape index (κ3) is 5.70. The molecule has 5 atom stereocenters. The number of rotatable bonds is 11. The minimum absolute atomic E-state index is 0.00538. The lowest BCUT2D eigenvalue weighted by Gasteiger charge is -2.60. The Morgan fingerprint density at radius 1 is 1.00 bits per heavy atom. The number of hydrogen-bond donors (Lipinski definition) is 0. The number of benzene rings is 3. The first kappa shape index (κ1) is 35.1. The van der Waals surface area contributed by atoms with Crippen LogP contribution in [0.4, 0.5) is 0 Å². The summed E-state index contributed by atoms with van der Waals surface area (Å²) in [5.74, 6) is 2.86. The number of piperazine rings is 1. The molecule has 3 aromatic carbocycles. The van der Waals surface area contributed by atoms with E-state index in [9.17, 15) is 13.7 Å². The number of aryl methyl sites for hydroxylation is 2. The SMILES string of the molecule is C=CCOc1c(C)c2c(c3c1C[C@H]1C4c5c(cc(C)c(OC)c5OCOC)C[C@H]([C@H](C#N)N1[C@H]3COS(=O)(=O)c1ccc(C)cc1)N4C)OCO2. The Labute approximate surface area is 299 Å². The van der Waals surface area contributed by atoms with Crippen LogP contribution in [0, 0.1) is 32.1 Å². The average Bonchev–Trinajstić information content (AvgIpc) is 3.60. The Hall–Kier alpha value is -4.32. The number of nitrogens with zero attached hydrogens (tertiary/aromatic N) is 3. The molecule has 0 aromatic heterocycles. The van der Waals surface area contributed by atoms with Crippen LogP contribution in [0.3, 0.4) is 0 Å². The van der Waals surface area contributed by atoms with Gasteiger partial charge in [0.1, 0.15) is 18.4 Å². The van der Waals surface area contributed by atoms with E-state index in [-0.39, 0.29) is 49.8 Å². The molecule has 0 amide bonds. The molecule has 1 saturated heterocycles. The molecule has 0 saturated carbocycles. The van der Waals surface area contributed by atoms with Crippen molar-refractivity contribution in [1.82, 2.24) is 9.80 Å². The molecule has 1 unspecified atom stereocenters. The topological polar surface area (TPSA) is 129 Å². The monoisotopic (exact) mass is 717 g/mol. The van der Waals surface area contributed by atoms with E-state index >= 15 is 0 Å². The Bertz CT molecular complexity index is 2010. The molecule has 13 heteroatoms. The van der Waals surface area contributed by atoms with Gasteiger partial charge in [-0.15, -0.1) is 0 Å². The average molecular weight is 718 g/mol. The van der Waals surface area contributed by atoms with Gasteiger partial charge in [-0.1, -0.05) is 36.4 Å². The van der Waals surface area contributed by atoms with Gasteiger partial charge in [-0.2, -0.15) is 13.7 Å². The highest BCUT2D eigenvalue weighted by Crippen LogP contribution is 2.58. The third-order valence-corrected chi connectivity index (χ3v) is 11.9. The zero-order valence-electron chi connectivity index (χ0n) is 29.7. The summed E-state index contributed by atoms with van der Waals surface area (Å²) in [6, 6.07) is 9.00. The van der Waals surface area contributed by atoms with Gasteiger partial charge in [0.25, 0.3) is 10.1 Å². The molecule has 2 bridgehead atoms. The van der Waals surface area contributed by atoms with Crippen molar-refractivity contribution >= 4 is 10.1 Å². The number of fused-ring (bicyclic) bond motifs is 9. The summed E-state index contributed by atoms with van der Waals surface area (Å²) >= 11 is 0. The molecule has 0 N–H and O–H groups in total. The number of likely N-dealkylation sites (N-methyl/N-ethyl adjacent to an activating group) is 1. The Balaban J connectivity index is 1.45. The van der Waals surface area contributed by atoms with Gasteiger partial charge in [-0.3, -0.25) is 14.0 Å². The number of nitriles is 1. The fourth-order valence-corrected chi connectivity index (χ4v) is 9.41. The lowest BCUT2D eigenvalue weighted by molar-refractivity contribution is -0.0809. The van der Waals surface area contributed by atoms with E-state index in [1.54, 1.807) is 32.4 Å². The summed E-state index contributed by atoms with van der Waals surface area (Å²) in [4.78, 5) is 4.43. The van der Waals surface area contributed by atoms with Crippen molar-refractivity contribution in [3.8, 4) is 34.8 Å². The van der Waals surface area contributed by atoms with E-state index in [4.69, 9.17) is 32.6 Å². The van der Waals surface area contributed by atoms with Crippen LogP contribution in [0.5, 0.6) is 28.7 Å². The summed E-state index contributed by atoms with van der Waals surface area (Å²) in [6.07, 6.45) is 2.68. The second kappa shape index (κ2) is 13.7. The minimum atomic E-state index is -4.18. The van der Waals surface area contributed by atoms with Crippen molar-refractivity contribution in [3.05, 3.63) is 81.9 Å². The molecule has 4 aliphatic heterocycles. The van der Waals surface area contributed by atoms with Gasteiger partial charge in [-0.05, 0) is 63.9 Å². The van der Waals surface area contributed by atoms with E-state index in [0.29, 0.717) is 47.2 Å². The quantitative estimate of drug-likeness (QED) is 0.149. The van der Waals surface area contributed by atoms with Gasteiger partial charge in [0.2, 0.25) is 6.79 Å². The van der Waals surface area contributed by atoms with Gasteiger partial charge >= 0.3 is 0 Å². The molecule has 1 fully saturated rings. The molecule has 4 aliphatic rings. The smallest absolute Gasteiger partial charge is 0.297 e. The van der Waals surface area contributed by atoms with Gasteiger partial charge in [0, 0.05) is 41.4 Å². The lowest BCUT2D eigenvalue weighted by atomic mass is 9.71. The molecule has 7 rings (SSSR count). The van der Waals surface area contributed by atoms with Gasteiger partial charge < -0.3 is 28.4 Å². The van der Waals surface area contributed by atoms with Crippen LogP contribution < -0.4 is 23.7 Å². The summed E-state index contributed by atoms with van der Waals surface area (Å²) in [5, 5.41) is 11.0. The van der Waals surface area contributed by atoms with Crippen LogP contribution in [0.2, 0.25) is 0 Å². The van der Waals surface area contributed by atoms with Crippen molar-refractivity contribution in [3.63, 3.8) is 0 Å². The summed E-state index contributed by atoms with van der Waals surface area (Å²) in [6.45, 7) is 9.62. The first-order valence-electron chi connectivity index (χ1n) is 16.9. The molecule has 0 aliphatic carbocycles. The Morgan fingerprint density at radius 2 is 1.75 bits per heavy atom. The molecular weight excluding hydrogens is 674 g/mol. The number of methoxy groups -OCH3 is 2. The molecule has 51 heavy (non-hydrogen) atoms. The number of hydrogen-bond acceptors (Lipinski definition) is 12. The van der Waals surface area contributed by atoms with Crippen molar-refractivity contribution in [2.24, 2.45) is 0 Å². The van der Waals surface area contributed by atoms with Crippen molar-refractivity contribution in [1.29, 1.82) is 5.26 Å². The summed E-state index contributed by atoms with van der Waals surface area (Å²) in [7, 11) is 1.05. The van der Waals surface area contributed by atoms with E-state index < -0.39 is 22.2 Å². The fourth-order valence-electron chi connectivity index (χ4n) is 8.49. The van der Waals surface area contributed by atoms with E-state index in [1.165, 1.54) is 12.1 Å². The first-order chi connectivity index (χ1) is 24.6. The maximum atomic E-state index is 13.7. The Morgan fingerprint density at radius 3 is 2.43 bits per heavy atom. The first-order valence-corrected chi connectivity index (χ1v) is 18.3. The highest BCUT2D eigenvalue weighted by Gasteiger charge is 2.57. The lowest BCUT2D eigenvalue weighted by Crippen LogP contribution is -2.68. The molecule has 12 nitrogen and oxygen atoms in total. The van der Waals surface area contributed by atoms with Crippen LogP contribution in [0.1, 0.15) is 51.0 Å². The van der Waals surface area contributed by atoms with Crippen molar-refractivity contribution < 1.29 is 41.0 Å². The Kier molecular flexibility index (Phi) is 9.41. The largest absolute Gasteiger partial charge is 0.493 e.